The van der Waals surface area contributed by atoms with Gasteiger partial charge in [0.05, 0.1) is 5.92 Å². The van der Waals surface area contributed by atoms with Crippen molar-refractivity contribution < 1.29 is 18.0 Å². The lowest BCUT2D eigenvalue weighted by Gasteiger charge is -2.35. The summed E-state index contributed by atoms with van der Waals surface area (Å²) < 4.78 is 37.6. The van der Waals surface area contributed by atoms with E-state index in [9.17, 15) is 18.0 Å². The molecule has 0 aromatic rings. The average molecular weight is 281 g/mol. The van der Waals surface area contributed by atoms with E-state index in [4.69, 9.17) is 0 Å². The third-order valence-corrected chi connectivity index (χ3v) is 4.61. The van der Waals surface area contributed by atoms with Crippen molar-refractivity contribution in [3.63, 3.8) is 0 Å². The molecular formula is C12H18F3NOS. The highest BCUT2D eigenvalue weighted by Crippen LogP contribution is 2.39. The minimum absolute atomic E-state index is 0.0148. The van der Waals surface area contributed by atoms with Gasteiger partial charge in [0.25, 0.3) is 0 Å². The molecule has 0 radical (unpaired) electrons. The third-order valence-electron chi connectivity index (χ3n) is 4.10. The standard InChI is InChI=1S/C12H18F3NOS/c13-12(14,15)9-1-3-10(4-2-9)16-6-8(7-18)5-11(16)17/h8-10,18H,1-7H2. The molecule has 2 rings (SSSR count). The van der Waals surface area contributed by atoms with Crippen molar-refractivity contribution in [2.45, 2.75) is 44.3 Å². The summed E-state index contributed by atoms with van der Waals surface area (Å²) in [5.74, 6) is -0.155. The summed E-state index contributed by atoms with van der Waals surface area (Å²) in [4.78, 5) is 13.6. The van der Waals surface area contributed by atoms with Crippen LogP contribution in [0.2, 0.25) is 0 Å². The zero-order chi connectivity index (χ0) is 13.3. The van der Waals surface area contributed by atoms with E-state index in [2.05, 4.69) is 12.6 Å². The fraction of sp³-hybridized carbons (Fsp3) is 0.917. The molecule has 1 heterocycles. The summed E-state index contributed by atoms with van der Waals surface area (Å²) in [6.45, 7) is 0.670. The minimum Gasteiger partial charge on any atom is -0.339 e. The largest absolute Gasteiger partial charge is 0.391 e. The van der Waals surface area contributed by atoms with Gasteiger partial charge in [-0.15, -0.1) is 0 Å². The number of alkyl halides is 3. The number of likely N-dealkylation sites (tertiary alicyclic amines) is 1. The molecule has 104 valence electrons. The molecule has 18 heavy (non-hydrogen) atoms. The molecular weight excluding hydrogens is 263 g/mol. The van der Waals surface area contributed by atoms with Crippen LogP contribution in [0.15, 0.2) is 0 Å². The Balaban J connectivity index is 1.89. The molecule has 2 fully saturated rings. The van der Waals surface area contributed by atoms with Crippen LogP contribution in [0.3, 0.4) is 0 Å². The van der Waals surface area contributed by atoms with E-state index in [0.717, 1.165) is 0 Å². The van der Waals surface area contributed by atoms with Crippen LogP contribution in [0.4, 0.5) is 13.2 Å². The number of halogens is 3. The molecule has 1 saturated carbocycles. The number of nitrogens with zero attached hydrogens (tertiary/aromatic N) is 1. The molecule has 0 bridgehead atoms. The number of rotatable bonds is 2. The number of thiol groups is 1. The second-order valence-corrected chi connectivity index (χ2v) is 5.71. The molecule has 1 amide bonds. The smallest absolute Gasteiger partial charge is 0.339 e. The summed E-state index contributed by atoms with van der Waals surface area (Å²) in [6.07, 6.45) is -2.30. The van der Waals surface area contributed by atoms with Crippen molar-refractivity contribution in [1.29, 1.82) is 0 Å². The highest BCUT2D eigenvalue weighted by molar-refractivity contribution is 7.80. The predicted octanol–water partition coefficient (Wildman–Crippen LogP) is 2.89. The van der Waals surface area contributed by atoms with E-state index in [1.165, 1.54) is 0 Å². The second kappa shape index (κ2) is 5.31. The Labute approximate surface area is 110 Å². The van der Waals surface area contributed by atoms with Crippen LogP contribution in [-0.2, 0) is 4.79 Å². The van der Waals surface area contributed by atoms with Crippen LogP contribution < -0.4 is 0 Å². The normalized spacial score (nSPS) is 34.1. The van der Waals surface area contributed by atoms with Crippen LogP contribution in [0, 0.1) is 11.8 Å². The van der Waals surface area contributed by atoms with E-state index in [-0.39, 0.29) is 30.7 Å². The lowest BCUT2D eigenvalue weighted by molar-refractivity contribution is -0.184. The molecule has 1 atom stereocenters. The molecule has 1 aliphatic heterocycles. The molecule has 6 heteroatoms. The maximum absolute atomic E-state index is 12.5. The van der Waals surface area contributed by atoms with Gasteiger partial charge in [0.2, 0.25) is 5.91 Å². The third kappa shape index (κ3) is 2.95. The average Bonchev–Trinajstić information content (AvgIpc) is 2.70. The Bertz CT molecular complexity index is 313. The van der Waals surface area contributed by atoms with Gasteiger partial charge in [0.1, 0.15) is 0 Å². The van der Waals surface area contributed by atoms with Gasteiger partial charge < -0.3 is 4.90 Å². The Morgan fingerprint density at radius 1 is 1.22 bits per heavy atom. The fourth-order valence-corrected chi connectivity index (χ4v) is 3.24. The first-order valence-electron chi connectivity index (χ1n) is 6.39. The summed E-state index contributed by atoms with van der Waals surface area (Å²) in [7, 11) is 0. The molecule has 2 nitrogen and oxygen atoms in total. The van der Waals surface area contributed by atoms with Crippen molar-refractivity contribution >= 4 is 18.5 Å². The maximum atomic E-state index is 12.5. The van der Waals surface area contributed by atoms with Crippen molar-refractivity contribution in [2.24, 2.45) is 11.8 Å². The second-order valence-electron chi connectivity index (χ2n) is 5.35. The summed E-state index contributed by atoms with van der Waals surface area (Å²) >= 11 is 4.19. The highest BCUT2D eigenvalue weighted by atomic mass is 32.1. The topological polar surface area (TPSA) is 20.3 Å². The molecule has 0 aromatic heterocycles. The Morgan fingerprint density at radius 3 is 2.28 bits per heavy atom. The van der Waals surface area contributed by atoms with Crippen molar-refractivity contribution in [1.82, 2.24) is 4.90 Å². The number of hydrogen-bond donors (Lipinski definition) is 1. The molecule has 0 spiro atoms. The predicted molar refractivity (Wildman–Crippen MR) is 65.5 cm³/mol. The van der Waals surface area contributed by atoms with Gasteiger partial charge in [-0.3, -0.25) is 4.79 Å². The summed E-state index contributed by atoms with van der Waals surface area (Å²) in [5, 5.41) is 0. The van der Waals surface area contributed by atoms with Gasteiger partial charge >= 0.3 is 6.18 Å². The fourth-order valence-electron chi connectivity index (χ4n) is 3.00. The Kier molecular flexibility index (Phi) is 4.14. The van der Waals surface area contributed by atoms with Gasteiger partial charge in [-0.25, -0.2) is 0 Å². The minimum atomic E-state index is -4.08. The monoisotopic (exact) mass is 281 g/mol. The lowest BCUT2D eigenvalue weighted by atomic mass is 9.85. The first-order chi connectivity index (χ1) is 8.41. The Morgan fingerprint density at radius 2 is 1.83 bits per heavy atom. The van der Waals surface area contributed by atoms with Gasteiger partial charge in [0, 0.05) is 19.0 Å². The van der Waals surface area contributed by atoms with Crippen molar-refractivity contribution in [3.8, 4) is 0 Å². The van der Waals surface area contributed by atoms with E-state index in [1.54, 1.807) is 4.90 Å². The van der Waals surface area contributed by atoms with Gasteiger partial charge in [-0.1, -0.05) is 0 Å². The Hall–Kier alpha value is -0.390. The lowest BCUT2D eigenvalue weighted by Crippen LogP contribution is -2.41. The quantitative estimate of drug-likeness (QED) is 0.772. The molecule has 0 aromatic carbocycles. The van der Waals surface area contributed by atoms with Gasteiger partial charge in [-0.05, 0) is 37.4 Å². The number of hydrogen-bond acceptors (Lipinski definition) is 2. The number of carbonyl (C=O) groups is 1. The van der Waals surface area contributed by atoms with Crippen molar-refractivity contribution in [2.75, 3.05) is 12.3 Å². The first kappa shape index (κ1) is 14.0. The molecule has 1 saturated heterocycles. The number of carbonyl (C=O) groups excluding carboxylic acids is 1. The SMILES string of the molecule is O=C1CC(CS)CN1C1CCC(C(F)(F)F)CC1. The number of amides is 1. The van der Waals surface area contributed by atoms with E-state index in [1.807, 2.05) is 0 Å². The van der Waals surface area contributed by atoms with Crippen LogP contribution in [0.5, 0.6) is 0 Å². The molecule has 1 aliphatic carbocycles. The van der Waals surface area contributed by atoms with Crippen LogP contribution >= 0.6 is 12.6 Å². The van der Waals surface area contributed by atoms with Gasteiger partial charge in [-0.2, -0.15) is 25.8 Å². The molecule has 0 N–H and O–H groups in total. The van der Waals surface area contributed by atoms with E-state index >= 15 is 0 Å². The maximum Gasteiger partial charge on any atom is 0.391 e. The van der Waals surface area contributed by atoms with Crippen LogP contribution in [-0.4, -0.2) is 35.3 Å². The highest BCUT2D eigenvalue weighted by Gasteiger charge is 2.43. The van der Waals surface area contributed by atoms with E-state index < -0.39 is 12.1 Å². The van der Waals surface area contributed by atoms with E-state index in [0.29, 0.717) is 31.6 Å². The zero-order valence-corrected chi connectivity index (χ0v) is 11.0. The summed E-state index contributed by atoms with van der Waals surface area (Å²) in [5.41, 5.74) is 0. The molecule has 2 aliphatic rings. The van der Waals surface area contributed by atoms with Crippen LogP contribution in [0.25, 0.3) is 0 Å². The van der Waals surface area contributed by atoms with Gasteiger partial charge in [0.15, 0.2) is 0 Å². The zero-order valence-electron chi connectivity index (χ0n) is 10.1. The first-order valence-corrected chi connectivity index (χ1v) is 7.02. The summed E-state index contributed by atoms with van der Waals surface area (Å²) in [6, 6.07) is 0.0148. The van der Waals surface area contributed by atoms with Crippen molar-refractivity contribution in [3.05, 3.63) is 0 Å². The molecule has 1 unspecified atom stereocenters. The van der Waals surface area contributed by atoms with Crippen LogP contribution in [0.1, 0.15) is 32.1 Å².